The molecule has 0 aliphatic heterocycles. The molecule has 0 aliphatic rings. The average Bonchev–Trinajstić information content (AvgIpc) is 2.83. The van der Waals surface area contributed by atoms with E-state index in [4.69, 9.17) is 17.0 Å². The number of rotatable bonds is 6. The highest BCUT2D eigenvalue weighted by atomic mass is 32.2. The Labute approximate surface area is 134 Å². The quantitative estimate of drug-likeness (QED) is 0.621. The van der Waals surface area contributed by atoms with Crippen LogP contribution in [0.1, 0.15) is 32.2 Å². The summed E-state index contributed by atoms with van der Waals surface area (Å²) in [5.74, 6) is 3.56. The van der Waals surface area contributed by atoms with Crippen molar-refractivity contribution in [1.29, 1.82) is 0 Å². The van der Waals surface area contributed by atoms with E-state index in [1.807, 2.05) is 12.1 Å². The zero-order valence-electron chi connectivity index (χ0n) is 12.6. The van der Waals surface area contributed by atoms with E-state index >= 15 is 0 Å². The minimum Gasteiger partial charge on any atom is -0.492 e. The lowest BCUT2D eigenvalue weighted by Gasteiger charge is -2.22. The second-order valence-corrected chi connectivity index (χ2v) is 7.25. The van der Waals surface area contributed by atoms with E-state index in [1.54, 1.807) is 11.8 Å². The average molecular weight is 323 g/mol. The Kier molecular flexibility index (Phi) is 5.47. The van der Waals surface area contributed by atoms with E-state index in [0.717, 1.165) is 23.1 Å². The molecule has 21 heavy (non-hydrogen) atoms. The molecule has 0 amide bonds. The van der Waals surface area contributed by atoms with Crippen LogP contribution in [0.4, 0.5) is 0 Å². The molecule has 114 valence electrons. The molecule has 0 aliphatic carbocycles. The Bertz CT molecular complexity index is 628. The molecule has 0 unspecified atom stereocenters. The van der Waals surface area contributed by atoms with Crippen LogP contribution < -0.4 is 4.74 Å². The number of H-pyrrole nitrogens is 2. The summed E-state index contributed by atoms with van der Waals surface area (Å²) < 4.78 is 6.43. The first-order valence-corrected chi connectivity index (χ1v) is 8.47. The van der Waals surface area contributed by atoms with Gasteiger partial charge in [-0.1, -0.05) is 39.0 Å². The van der Waals surface area contributed by atoms with Crippen molar-refractivity contribution >= 4 is 24.0 Å². The van der Waals surface area contributed by atoms with E-state index in [1.165, 1.54) is 5.56 Å². The molecule has 1 aromatic heterocycles. The van der Waals surface area contributed by atoms with E-state index in [0.29, 0.717) is 11.4 Å². The summed E-state index contributed by atoms with van der Waals surface area (Å²) in [5.41, 5.74) is 1.33. The molecule has 6 heteroatoms. The van der Waals surface area contributed by atoms with Crippen LogP contribution >= 0.6 is 24.0 Å². The van der Waals surface area contributed by atoms with Crippen molar-refractivity contribution in [3.8, 4) is 5.75 Å². The van der Waals surface area contributed by atoms with Crippen molar-refractivity contribution in [1.82, 2.24) is 15.2 Å². The Balaban J connectivity index is 1.80. The van der Waals surface area contributed by atoms with E-state index in [-0.39, 0.29) is 5.41 Å². The maximum Gasteiger partial charge on any atom is 0.213 e. The maximum absolute atomic E-state index is 5.93. The van der Waals surface area contributed by atoms with E-state index < -0.39 is 0 Å². The lowest BCUT2D eigenvalue weighted by molar-refractivity contribution is 0.333. The zero-order valence-corrected chi connectivity index (χ0v) is 14.2. The SMILES string of the molecule is CC(C)(C)c1ccccc1OCCSCc1nc(=S)[nH][nH]1. The highest BCUT2D eigenvalue weighted by Crippen LogP contribution is 2.30. The summed E-state index contributed by atoms with van der Waals surface area (Å²) in [4.78, 5) is 4.15. The van der Waals surface area contributed by atoms with Crippen molar-refractivity contribution in [3.63, 3.8) is 0 Å². The fourth-order valence-electron chi connectivity index (χ4n) is 1.96. The van der Waals surface area contributed by atoms with Crippen LogP contribution in [0.5, 0.6) is 5.75 Å². The predicted octanol–water partition coefficient (Wildman–Crippen LogP) is 4.08. The van der Waals surface area contributed by atoms with Crippen LogP contribution in [-0.4, -0.2) is 27.5 Å². The lowest BCUT2D eigenvalue weighted by atomic mass is 9.86. The standard InChI is InChI=1S/C15H21N3OS2/c1-15(2,3)11-6-4-5-7-12(11)19-8-9-21-10-13-16-14(20)18-17-13/h4-7H,8-10H2,1-3H3,(H2,16,17,18,20). The number of ether oxygens (including phenoxy) is 1. The minimum atomic E-state index is 0.0909. The molecule has 2 aromatic rings. The minimum absolute atomic E-state index is 0.0909. The molecule has 2 N–H and O–H groups in total. The lowest BCUT2D eigenvalue weighted by Crippen LogP contribution is -2.14. The molecule has 2 rings (SSSR count). The molecule has 1 heterocycles. The van der Waals surface area contributed by atoms with Gasteiger partial charge in [0.15, 0.2) is 0 Å². The van der Waals surface area contributed by atoms with Gasteiger partial charge >= 0.3 is 0 Å². The van der Waals surface area contributed by atoms with Crippen molar-refractivity contribution in [2.24, 2.45) is 0 Å². The van der Waals surface area contributed by atoms with E-state index in [2.05, 4.69) is 48.1 Å². The van der Waals surface area contributed by atoms with Crippen molar-refractivity contribution in [2.45, 2.75) is 31.9 Å². The first-order valence-electron chi connectivity index (χ1n) is 6.90. The Morgan fingerprint density at radius 1 is 1.24 bits per heavy atom. The van der Waals surface area contributed by atoms with Gasteiger partial charge in [0.1, 0.15) is 11.6 Å². The number of nitrogens with one attached hydrogen (secondary N) is 2. The number of aromatic amines is 2. The summed E-state index contributed by atoms with van der Waals surface area (Å²) in [6.07, 6.45) is 0. The van der Waals surface area contributed by atoms with Gasteiger partial charge in [-0.05, 0) is 29.3 Å². The van der Waals surface area contributed by atoms with Gasteiger partial charge in [0, 0.05) is 5.75 Å². The van der Waals surface area contributed by atoms with Crippen LogP contribution in [0, 0.1) is 4.77 Å². The van der Waals surface area contributed by atoms with Gasteiger partial charge in [0.05, 0.1) is 12.4 Å². The number of hydrogen-bond acceptors (Lipinski definition) is 4. The van der Waals surface area contributed by atoms with Crippen molar-refractivity contribution in [3.05, 3.63) is 40.4 Å². The summed E-state index contributed by atoms with van der Waals surface area (Å²) in [5, 5.41) is 5.73. The monoisotopic (exact) mass is 323 g/mol. The first-order chi connectivity index (χ1) is 9.97. The Hall–Kier alpha value is -1.27. The van der Waals surface area contributed by atoms with Gasteiger partial charge in [-0.15, -0.1) is 0 Å². The molecule has 0 saturated carbocycles. The number of thioether (sulfide) groups is 1. The van der Waals surface area contributed by atoms with Crippen LogP contribution in [0.25, 0.3) is 0 Å². The van der Waals surface area contributed by atoms with Crippen LogP contribution in [-0.2, 0) is 11.2 Å². The smallest absolute Gasteiger partial charge is 0.213 e. The third kappa shape index (κ3) is 4.89. The third-order valence-corrected chi connectivity index (χ3v) is 4.10. The summed E-state index contributed by atoms with van der Waals surface area (Å²) >= 11 is 6.68. The summed E-state index contributed by atoms with van der Waals surface area (Å²) in [6, 6.07) is 8.24. The fraction of sp³-hybridized carbons (Fsp3) is 0.467. The van der Waals surface area contributed by atoms with Crippen LogP contribution in [0.15, 0.2) is 24.3 Å². The molecule has 4 nitrogen and oxygen atoms in total. The molecule has 0 bridgehead atoms. The van der Waals surface area contributed by atoms with Crippen LogP contribution in [0.3, 0.4) is 0 Å². The number of para-hydroxylation sites is 1. The molecular weight excluding hydrogens is 302 g/mol. The van der Waals surface area contributed by atoms with Gasteiger partial charge in [-0.3, -0.25) is 10.2 Å². The van der Waals surface area contributed by atoms with Gasteiger partial charge < -0.3 is 4.74 Å². The fourth-order valence-corrected chi connectivity index (χ4v) is 2.80. The number of aromatic nitrogens is 3. The van der Waals surface area contributed by atoms with Gasteiger partial charge in [0.25, 0.3) is 0 Å². The summed E-state index contributed by atoms with van der Waals surface area (Å²) in [6.45, 7) is 7.28. The molecule has 0 atom stereocenters. The predicted molar refractivity (Wildman–Crippen MR) is 90.6 cm³/mol. The van der Waals surface area contributed by atoms with Gasteiger partial charge in [0.2, 0.25) is 4.77 Å². The van der Waals surface area contributed by atoms with Crippen molar-refractivity contribution in [2.75, 3.05) is 12.4 Å². The second kappa shape index (κ2) is 7.13. The summed E-state index contributed by atoms with van der Waals surface area (Å²) in [7, 11) is 0. The molecule has 0 fully saturated rings. The number of hydrogen-bond donors (Lipinski definition) is 2. The first kappa shape index (κ1) is 16.1. The van der Waals surface area contributed by atoms with Gasteiger partial charge in [-0.25, -0.2) is 4.98 Å². The van der Waals surface area contributed by atoms with Crippen molar-refractivity contribution < 1.29 is 4.74 Å². The van der Waals surface area contributed by atoms with Crippen LogP contribution in [0.2, 0.25) is 0 Å². The van der Waals surface area contributed by atoms with Gasteiger partial charge in [-0.2, -0.15) is 11.8 Å². The highest BCUT2D eigenvalue weighted by molar-refractivity contribution is 7.98. The molecule has 0 radical (unpaired) electrons. The molecular formula is C15H21N3OS2. The Morgan fingerprint density at radius 2 is 2.00 bits per heavy atom. The van der Waals surface area contributed by atoms with E-state index in [9.17, 15) is 0 Å². The molecule has 0 spiro atoms. The topological polar surface area (TPSA) is 53.7 Å². The zero-order chi connectivity index (χ0) is 15.3. The maximum atomic E-state index is 5.93. The number of nitrogens with zero attached hydrogens (tertiary/aromatic N) is 1. The number of benzene rings is 1. The molecule has 0 saturated heterocycles. The Morgan fingerprint density at radius 3 is 2.67 bits per heavy atom. The second-order valence-electron chi connectivity index (χ2n) is 5.76. The normalized spacial score (nSPS) is 11.6. The largest absolute Gasteiger partial charge is 0.492 e. The third-order valence-electron chi connectivity index (χ3n) is 2.97. The molecule has 1 aromatic carbocycles. The highest BCUT2D eigenvalue weighted by Gasteiger charge is 2.18.